The zero-order chi connectivity index (χ0) is 8.97. The summed E-state index contributed by atoms with van der Waals surface area (Å²) >= 11 is 1.62. The summed E-state index contributed by atoms with van der Waals surface area (Å²) in [6.07, 6.45) is 3.24. The third-order valence-electron chi connectivity index (χ3n) is 1.23. The molecule has 0 aromatic carbocycles. The van der Waals surface area contributed by atoms with Gasteiger partial charge < -0.3 is 5.11 Å². The van der Waals surface area contributed by atoms with Crippen LogP contribution in [0.3, 0.4) is 0 Å². The standard InChI is InChI=1S/C8H12N2OS/c1-6(2)12-8-7(5-11)9-3-4-10-8/h3-4,6,11H,5H2,1-2H3. The molecule has 12 heavy (non-hydrogen) atoms. The van der Waals surface area contributed by atoms with Crippen molar-refractivity contribution >= 4 is 11.8 Å². The third-order valence-corrected chi connectivity index (χ3v) is 2.27. The highest BCUT2D eigenvalue weighted by Gasteiger charge is 2.05. The number of rotatable bonds is 3. The van der Waals surface area contributed by atoms with Crippen molar-refractivity contribution in [3.8, 4) is 0 Å². The van der Waals surface area contributed by atoms with Crippen LogP contribution in [0.5, 0.6) is 0 Å². The zero-order valence-corrected chi connectivity index (χ0v) is 8.01. The molecule has 3 nitrogen and oxygen atoms in total. The molecule has 0 radical (unpaired) electrons. The Balaban J connectivity index is 2.82. The lowest BCUT2D eigenvalue weighted by molar-refractivity contribution is 0.272. The molecule has 0 fully saturated rings. The lowest BCUT2D eigenvalue weighted by atomic mass is 10.5. The second kappa shape index (κ2) is 4.42. The topological polar surface area (TPSA) is 46.0 Å². The van der Waals surface area contributed by atoms with Gasteiger partial charge in [0.15, 0.2) is 0 Å². The number of aliphatic hydroxyl groups excluding tert-OH is 1. The van der Waals surface area contributed by atoms with Crippen molar-refractivity contribution in [3.05, 3.63) is 18.1 Å². The van der Waals surface area contributed by atoms with E-state index >= 15 is 0 Å². The first-order valence-electron chi connectivity index (χ1n) is 3.81. The normalized spacial score (nSPS) is 10.7. The highest BCUT2D eigenvalue weighted by atomic mass is 32.2. The molecule has 0 aliphatic rings. The van der Waals surface area contributed by atoms with Gasteiger partial charge in [0.1, 0.15) is 5.03 Å². The monoisotopic (exact) mass is 184 g/mol. The minimum absolute atomic E-state index is 0.0388. The largest absolute Gasteiger partial charge is 0.390 e. The lowest BCUT2D eigenvalue weighted by Crippen LogP contribution is -1.97. The van der Waals surface area contributed by atoms with Crippen LogP contribution in [0, 0.1) is 0 Å². The molecule has 0 atom stereocenters. The Morgan fingerprint density at radius 3 is 2.67 bits per heavy atom. The van der Waals surface area contributed by atoms with Crippen LogP contribution in [-0.2, 0) is 6.61 Å². The molecule has 1 aromatic heterocycles. The predicted molar refractivity (Wildman–Crippen MR) is 48.9 cm³/mol. The average molecular weight is 184 g/mol. The predicted octanol–water partition coefficient (Wildman–Crippen LogP) is 1.47. The van der Waals surface area contributed by atoms with Crippen molar-refractivity contribution in [1.82, 2.24) is 9.97 Å². The molecular formula is C8H12N2OS. The Bertz CT molecular complexity index is 253. The molecule has 0 aliphatic carbocycles. The molecule has 0 saturated heterocycles. The van der Waals surface area contributed by atoms with Gasteiger partial charge in [-0.1, -0.05) is 13.8 Å². The van der Waals surface area contributed by atoms with Crippen molar-refractivity contribution in [2.45, 2.75) is 30.7 Å². The molecule has 0 saturated carbocycles. The maximum absolute atomic E-state index is 8.92. The Morgan fingerprint density at radius 2 is 2.08 bits per heavy atom. The van der Waals surface area contributed by atoms with E-state index in [2.05, 4.69) is 23.8 Å². The first-order valence-corrected chi connectivity index (χ1v) is 4.69. The smallest absolute Gasteiger partial charge is 0.120 e. The van der Waals surface area contributed by atoms with Crippen molar-refractivity contribution in [1.29, 1.82) is 0 Å². The Kier molecular flexibility index (Phi) is 3.49. The van der Waals surface area contributed by atoms with Crippen LogP contribution >= 0.6 is 11.8 Å². The highest BCUT2D eigenvalue weighted by molar-refractivity contribution is 7.99. The van der Waals surface area contributed by atoms with Crippen LogP contribution in [0.15, 0.2) is 17.4 Å². The summed E-state index contributed by atoms with van der Waals surface area (Å²) in [5.74, 6) is 0. The van der Waals surface area contributed by atoms with Crippen molar-refractivity contribution in [3.63, 3.8) is 0 Å². The van der Waals surface area contributed by atoms with Gasteiger partial charge in [0.2, 0.25) is 0 Å². The van der Waals surface area contributed by atoms with Crippen molar-refractivity contribution < 1.29 is 5.11 Å². The van der Waals surface area contributed by atoms with E-state index in [1.165, 1.54) is 0 Å². The maximum atomic E-state index is 8.92. The minimum atomic E-state index is -0.0388. The summed E-state index contributed by atoms with van der Waals surface area (Å²) in [5, 5.41) is 10.2. The first-order chi connectivity index (χ1) is 5.74. The van der Waals surface area contributed by atoms with Gasteiger partial charge >= 0.3 is 0 Å². The van der Waals surface area contributed by atoms with Crippen LogP contribution in [0.2, 0.25) is 0 Å². The molecule has 1 N–H and O–H groups in total. The summed E-state index contributed by atoms with van der Waals surface area (Å²) in [5.41, 5.74) is 0.663. The van der Waals surface area contributed by atoms with Gasteiger partial charge in [0.25, 0.3) is 0 Å². The summed E-state index contributed by atoms with van der Waals surface area (Å²) in [7, 11) is 0. The van der Waals surface area contributed by atoms with Crippen molar-refractivity contribution in [2.24, 2.45) is 0 Å². The Labute approximate surface area is 76.2 Å². The molecule has 0 bridgehead atoms. The average Bonchev–Trinajstić information content (AvgIpc) is 2.04. The summed E-state index contributed by atoms with van der Waals surface area (Å²) in [6, 6.07) is 0. The molecule has 0 spiro atoms. The minimum Gasteiger partial charge on any atom is -0.390 e. The van der Waals surface area contributed by atoms with Crippen molar-refractivity contribution in [2.75, 3.05) is 0 Å². The van der Waals surface area contributed by atoms with Crippen LogP contribution in [-0.4, -0.2) is 20.3 Å². The zero-order valence-electron chi connectivity index (χ0n) is 7.19. The van der Waals surface area contributed by atoms with E-state index in [4.69, 9.17) is 5.11 Å². The van der Waals surface area contributed by atoms with Gasteiger partial charge in [-0.25, -0.2) is 4.98 Å². The van der Waals surface area contributed by atoms with Gasteiger partial charge in [0, 0.05) is 17.6 Å². The maximum Gasteiger partial charge on any atom is 0.120 e. The quantitative estimate of drug-likeness (QED) is 0.722. The number of hydrogen-bond donors (Lipinski definition) is 1. The van der Waals surface area contributed by atoms with E-state index in [1.807, 2.05) is 0 Å². The molecule has 0 unspecified atom stereocenters. The van der Waals surface area contributed by atoms with E-state index in [-0.39, 0.29) is 6.61 Å². The number of thioether (sulfide) groups is 1. The molecule has 4 heteroatoms. The Hall–Kier alpha value is -0.610. The fraction of sp³-hybridized carbons (Fsp3) is 0.500. The van der Waals surface area contributed by atoms with E-state index in [9.17, 15) is 0 Å². The van der Waals surface area contributed by atoms with E-state index in [1.54, 1.807) is 24.2 Å². The number of aliphatic hydroxyl groups is 1. The van der Waals surface area contributed by atoms with Crippen LogP contribution < -0.4 is 0 Å². The third kappa shape index (κ3) is 2.46. The van der Waals surface area contributed by atoms with Crippen LogP contribution in [0.1, 0.15) is 19.5 Å². The van der Waals surface area contributed by atoms with Gasteiger partial charge in [-0.3, -0.25) is 4.98 Å². The van der Waals surface area contributed by atoms with E-state index in [0.717, 1.165) is 5.03 Å². The molecular weight excluding hydrogens is 172 g/mol. The van der Waals surface area contributed by atoms with Crippen LogP contribution in [0.25, 0.3) is 0 Å². The van der Waals surface area contributed by atoms with E-state index < -0.39 is 0 Å². The summed E-state index contributed by atoms with van der Waals surface area (Å²) in [6.45, 7) is 4.13. The van der Waals surface area contributed by atoms with Crippen LogP contribution in [0.4, 0.5) is 0 Å². The number of hydrogen-bond acceptors (Lipinski definition) is 4. The molecule has 0 amide bonds. The Morgan fingerprint density at radius 1 is 1.42 bits per heavy atom. The lowest BCUT2D eigenvalue weighted by Gasteiger charge is -2.05. The van der Waals surface area contributed by atoms with Gasteiger partial charge in [-0.15, -0.1) is 11.8 Å². The first kappa shape index (κ1) is 9.48. The SMILES string of the molecule is CC(C)Sc1nccnc1CO. The second-order valence-corrected chi connectivity index (χ2v) is 4.20. The molecule has 1 aromatic rings. The van der Waals surface area contributed by atoms with Gasteiger partial charge in [-0.2, -0.15) is 0 Å². The highest BCUT2D eigenvalue weighted by Crippen LogP contribution is 2.22. The molecule has 0 aliphatic heterocycles. The number of aromatic nitrogens is 2. The second-order valence-electron chi connectivity index (χ2n) is 2.63. The van der Waals surface area contributed by atoms with E-state index in [0.29, 0.717) is 10.9 Å². The number of nitrogens with zero attached hydrogens (tertiary/aromatic N) is 2. The fourth-order valence-corrected chi connectivity index (χ4v) is 1.61. The van der Waals surface area contributed by atoms with Gasteiger partial charge in [0.05, 0.1) is 12.3 Å². The molecule has 66 valence electrons. The summed E-state index contributed by atoms with van der Waals surface area (Å²) in [4.78, 5) is 8.15. The molecule has 1 rings (SSSR count). The fourth-order valence-electron chi connectivity index (χ4n) is 0.784. The van der Waals surface area contributed by atoms with Gasteiger partial charge in [-0.05, 0) is 0 Å². The summed E-state index contributed by atoms with van der Waals surface area (Å²) < 4.78 is 0. The molecule has 1 heterocycles.